The van der Waals surface area contributed by atoms with E-state index < -0.39 is 11.2 Å². The van der Waals surface area contributed by atoms with Gasteiger partial charge in [0.05, 0.1) is 10.5 Å². The zero-order chi connectivity index (χ0) is 21.4. The number of rotatable bonds is 8. The summed E-state index contributed by atoms with van der Waals surface area (Å²) >= 11 is 11.0. The first-order chi connectivity index (χ1) is 14.3. The van der Waals surface area contributed by atoms with Crippen molar-refractivity contribution in [3.05, 3.63) is 45.3 Å². The number of hydrogen-bond acceptors (Lipinski definition) is 4. The Hall–Kier alpha value is -1.47. The molecule has 0 amide bonds. The number of pyridine rings is 1. The largest absolute Gasteiger partial charge is 0.611 e. The van der Waals surface area contributed by atoms with E-state index in [0.29, 0.717) is 26.5 Å². The van der Waals surface area contributed by atoms with Gasteiger partial charge in [0.1, 0.15) is 17.1 Å². The van der Waals surface area contributed by atoms with Crippen LogP contribution in [0.15, 0.2) is 23.1 Å². The fourth-order valence-corrected chi connectivity index (χ4v) is 5.65. The Morgan fingerprint density at radius 1 is 1.20 bits per heavy atom. The lowest BCUT2D eigenvalue weighted by atomic mass is 10.2. The molecule has 1 saturated carbocycles. The van der Waals surface area contributed by atoms with Crippen LogP contribution in [0.4, 0.5) is 5.82 Å². The molecule has 2 aromatic heterocycles. The summed E-state index contributed by atoms with van der Waals surface area (Å²) < 4.78 is 15.0. The van der Waals surface area contributed by atoms with Crippen molar-refractivity contribution in [3.63, 3.8) is 0 Å². The number of benzene rings is 1. The minimum atomic E-state index is -1.14. The van der Waals surface area contributed by atoms with E-state index in [4.69, 9.17) is 33.9 Å². The molecule has 0 bridgehead atoms. The van der Waals surface area contributed by atoms with Gasteiger partial charge >= 0.3 is 0 Å². The van der Waals surface area contributed by atoms with Gasteiger partial charge in [-0.2, -0.15) is 0 Å². The molecule has 1 aliphatic carbocycles. The fourth-order valence-electron chi connectivity index (χ4n) is 3.80. The van der Waals surface area contributed by atoms with Gasteiger partial charge in [-0.25, -0.2) is 9.97 Å². The van der Waals surface area contributed by atoms with Crippen LogP contribution in [0.5, 0.6) is 0 Å². The quantitative estimate of drug-likeness (QED) is 0.353. The number of hydrogen-bond donors (Lipinski definition) is 1. The van der Waals surface area contributed by atoms with Crippen molar-refractivity contribution in [1.82, 2.24) is 14.5 Å². The maximum absolute atomic E-state index is 12.7. The van der Waals surface area contributed by atoms with Crippen molar-refractivity contribution in [2.75, 3.05) is 11.5 Å². The van der Waals surface area contributed by atoms with Crippen LogP contribution in [0.25, 0.3) is 11.0 Å². The summed E-state index contributed by atoms with van der Waals surface area (Å²) in [5.41, 5.74) is 10.2. The number of anilines is 1. The van der Waals surface area contributed by atoms with E-state index in [2.05, 4.69) is 16.5 Å². The van der Waals surface area contributed by atoms with Gasteiger partial charge in [-0.1, -0.05) is 23.2 Å². The Balaban J connectivity index is 1.49. The number of nitrogens with zero attached hydrogens (tertiary/aromatic N) is 3. The average Bonchev–Trinajstić information content (AvgIpc) is 3.43. The van der Waals surface area contributed by atoms with E-state index in [0.717, 1.165) is 59.8 Å². The molecule has 2 heterocycles. The molecule has 1 unspecified atom stereocenters. The highest BCUT2D eigenvalue weighted by Crippen LogP contribution is 2.35. The highest BCUT2D eigenvalue weighted by atomic mass is 35.5. The zero-order valence-corrected chi connectivity index (χ0v) is 19.6. The average molecular weight is 465 g/mol. The smallest absolute Gasteiger partial charge is 0.171 e. The third kappa shape index (κ3) is 4.57. The first-order valence-corrected chi connectivity index (χ1v) is 12.4. The molecule has 1 fully saturated rings. The molecule has 30 heavy (non-hydrogen) atoms. The van der Waals surface area contributed by atoms with Crippen molar-refractivity contribution >= 4 is 51.2 Å². The number of nitrogens with two attached hydrogens (primary N) is 1. The molecule has 8 heteroatoms. The number of nitrogen functional groups attached to an aromatic ring is 1. The molecule has 0 aliphatic heterocycles. The molecule has 1 aromatic carbocycles. The Kier molecular flexibility index (Phi) is 6.49. The van der Waals surface area contributed by atoms with Gasteiger partial charge in [0.25, 0.3) is 0 Å². The molecule has 1 atom stereocenters. The van der Waals surface area contributed by atoms with E-state index in [1.807, 2.05) is 6.92 Å². The lowest BCUT2D eigenvalue weighted by Gasteiger charge is -2.14. The second-order valence-electron chi connectivity index (χ2n) is 8.06. The van der Waals surface area contributed by atoms with Crippen LogP contribution in [0.2, 0.25) is 10.0 Å². The molecule has 0 saturated heterocycles. The molecular formula is C22H26Cl2N4OS. The predicted molar refractivity (Wildman–Crippen MR) is 125 cm³/mol. The molecule has 0 radical (unpaired) electrons. The van der Waals surface area contributed by atoms with Crippen LogP contribution < -0.4 is 5.73 Å². The Labute approximate surface area is 190 Å². The standard InChI is InChI=1S/C22H26Cl2N4OS/c1-13-14(2)26-22(25)20-21(13)28(19(27-20)11-15-5-6-15)9-3-4-10-30(29)18-8-7-16(23)12-17(18)24/h7-8,12,15H,3-6,9-11H2,1-2H3,(H2,25,26). The van der Waals surface area contributed by atoms with Crippen molar-refractivity contribution < 1.29 is 4.55 Å². The third-order valence-corrected chi connectivity index (χ3v) is 7.91. The Bertz CT molecular complexity index is 1080. The van der Waals surface area contributed by atoms with Gasteiger partial charge < -0.3 is 14.9 Å². The summed E-state index contributed by atoms with van der Waals surface area (Å²) in [6.45, 7) is 4.90. The minimum Gasteiger partial charge on any atom is -0.611 e. The number of aromatic nitrogens is 3. The minimum absolute atomic E-state index is 0.460. The van der Waals surface area contributed by atoms with Gasteiger partial charge in [-0.3, -0.25) is 0 Å². The van der Waals surface area contributed by atoms with E-state index in [1.54, 1.807) is 18.2 Å². The van der Waals surface area contributed by atoms with Crippen LogP contribution in [0.1, 0.15) is 42.8 Å². The Morgan fingerprint density at radius 3 is 2.67 bits per heavy atom. The fraction of sp³-hybridized carbons (Fsp3) is 0.455. The molecule has 160 valence electrons. The molecule has 0 spiro atoms. The summed E-state index contributed by atoms with van der Waals surface area (Å²) in [5.74, 6) is 2.89. The molecule has 5 nitrogen and oxygen atoms in total. The number of halogens is 2. The van der Waals surface area contributed by atoms with Gasteiger partial charge in [-0.05, 0) is 80.4 Å². The van der Waals surface area contributed by atoms with Crippen molar-refractivity contribution in [2.24, 2.45) is 5.92 Å². The molecule has 3 aromatic rings. The predicted octanol–water partition coefficient (Wildman–Crippen LogP) is 5.48. The first-order valence-electron chi connectivity index (χ1n) is 10.3. The van der Waals surface area contributed by atoms with E-state index in [-0.39, 0.29) is 0 Å². The molecular weight excluding hydrogens is 439 g/mol. The topological polar surface area (TPSA) is 79.8 Å². The summed E-state index contributed by atoms with van der Waals surface area (Å²) in [5, 5.41) is 1.01. The summed E-state index contributed by atoms with van der Waals surface area (Å²) in [6, 6.07) is 5.12. The molecule has 4 rings (SSSR count). The SMILES string of the molecule is Cc1nc(N)c2nc(CC3CC3)n(CCCC[S+]([O-])c3ccc(Cl)cc3Cl)c2c1C. The van der Waals surface area contributed by atoms with Crippen molar-refractivity contribution in [2.45, 2.75) is 57.4 Å². The molecule has 1 aliphatic rings. The number of aryl methyl sites for hydroxylation is 3. The summed E-state index contributed by atoms with van der Waals surface area (Å²) in [6.07, 6.45) is 5.26. The van der Waals surface area contributed by atoms with Crippen molar-refractivity contribution in [1.29, 1.82) is 0 Å². The summed E-state index contributed by atoms with van der Waals surface area (Å²) in [4.78, 5) is 9.97. The van der Waals surface area contributed by atoms with E-state index in [9.17, 15) is 4.55 Å². The number of imidazole rings is 1. The second kappa shape index (κ2) is 8.95. The lowest BCUT2D eigenvalue weighted by Crippen LogP contribution is -2.10. The van der Waals surface area contributed by atoms with E-state index >= 15 is 0 Å². The highest BCUT2D eigenvalue weighted by Gasteiger charge is 2.26. The normalized spacial score (nSPS) is 15.1. The highest BCUT2D eigenvalue weighted by molar-refractivity contribution is 7.91. The maximum Gasteiger partial charge on any atom is 0.171 e. The zero-order valence-electron chi connectivity index (χ0n) is 17.3. The van der Waals surface area contributed by atoms with Crippen LogP contribution in [-0.4, -0.2) is 24.8 Å². The monoisotopic (exact) mass is 464 g/mol. The maximum atomic E-state index is 12.7. The van der Waals surface area contributed by atoms with Crippen LogP contribution in [0.3, 0.4) is 0 Å². The summed E-state index contributed by atoms with van der Waals surface area (Å²) in [7, 11) is 0. The van der Waals surface area contributed by atoms with E-state index in [1.165, 1.54) is 12.8 Å². The van der Waals surface area contributed by atoms with Crippen LogP contribution >= 0.6 is 23.2 Å². The Morgan fingerprint density at radius 2 is 1.97 bits per heavy atom. The lowest BCUT2D eigenvalue weighted by molar-refractivity contribution is 0.576. The third-order valence-electron chi connectivity index (χ3n) is 5.74. The van der Waals surface area contributed by atoms with Gasteiger partial charge in [0.15, 0.2) is 10.7 Å². The molecule has 2 N–H and O–H groups in total. The number of fused-ring (bicyclic) bond motifs is 1. The van der Waals surface area contributed by atoms with Gasteiger partial charge in [0, 0.05) is 23.7 Å². The van der Waals surface area contributed by atoms with Crippen molar-refractivity contribution in [3.8, 4) is 0 Å². The van der Waals surface area contributed by atoms with Gasteiger partial charge in [-0.15, -0.1) is 0 Å². The van der Waals surface area contributed by atoms with Crippen LogP contribution in [-0.2, 0) is 24.1 Å². The first kappa shape index (κ1) is 21.8. The second-order valence-corrected chi connectivity index (χ2v) is 10.4. The number of unbranched alkanes of at least 4 members (excludes halogenated alkanes) is 1. The van der Waals surface area contributed by atoms with Gasteiger partial charge in [0.2, 0.25) is 0 Å². The van der Waals surface area contributed by atoms with Crippen LogP contribution in [0, 0.1) is 19.8 Å².